The second-order valence-electron chi connectivity index (χ2n) is 9.12. The van der Waals surface area contributed by atoms with Gasteiger partial charge in [0.1, 0.15) is 12.4 Å². The molecule has 4 nitrogen and oxygen atoms in total. The highest BCUT2D eigenvalue weighted by Gasteiger charge is 2.27. The average molecular weight is 385 g/mol. The molecule has 0 saturated carbocycles. The zero-order valence-corrected chi connectivity index (χ0v) is 17.9. The molecule has 0 spiro atoms. The van der Waals surface area contributed by atoms with Crippen molar-refractivity contribution in [3.63, 3.8) is 0 Å². The van der Waals surface area contributed by atoms with E-state index < -0.39 is 6.10 Å². The molecule has 0 aliphatic heterocycles. The number of ether oxygens (including phenoxy) is 1. The van der Waals surface area contributed by atoms with Gasteiger partial charge in [0.2, 0.25) is 0 Å². The van der Waals surface area contributed by atoms with Crippen LogP contribution in [0.1, 0.15) is 40.2 Å². The van der Waals surface area contributed by atoms with E-state index >= 15 is 0 Å². The molecule has 0 aliphatic carbocycles. The molecule has 0 bridgehead atoms. The highest BCUT2D eigenvalue weighted by atomic mass is 16.5. The Morgan fingerprint density at radius 2 is 1.46 bits per heavy atom. The molecule has 0 aromatic heterocycles. The summed E-state index contributed by atoms with van der Waals surface area (Å²) in [6.45, 7) is 11.6. The van der Waals surface area contributed by atoms with Crippen molar-refractivity contribution in [3.05, 3.63) is 66.2 Å². The lowest BCUT2D eigenvalue weighted by molar-refractivity contribution is 0.0956. The quantitative estimate of drug-likeness (QED) is 0.583. The van der Waals surface area contributed by atoms with E-state index in [4.69, 9.17) is 4.74 Å². The SMILES string of the molecule is CC(C)(C)N[C@@H](Cc1ccccc1)[C@H](O)CNC(C)(C)COc1ccccc1. The summed E-state index contributed by atoms with van der Waals surface area (Å²) in [5, 5.41) is 18.0. The highest BCUT2D eigenvalue weighted by Crippen LogP contribution is 2.14. The van der Waals surface area contributed by atoms with E-state index in [9.17, 15) is 5.11 Å². The van der Waals surface area contributed by atoms with E-state index in [2.05, 4.69) is 57.4 Å². The summed E-state index contributed by atoms with van der Waals surface area (Å²) in [6, 6.07) is 20.1. The van der Waals surface area contributed by atoms with Crippen LogP contribution in [0.25, 0.3) is 0 Å². The first-order chi connectivity index (χ1) is 13.1. The molecule has 0 radical (unpaired) electrons. The topological polar surface area (TPSA) is 53.5 Å². The van der Waals surface area contributed by atoms with E-state index in [0.717, 1.165) is 12.2 Å². The molecule has 2 aromatic carbocycles. The standard InChI is InChI=1S/C24H36N2O2/c1-23(2,3)26-21(16-19-12-8-6-9-13-19)22(27)17-25-24(4,5)18-28-20-14-10-7-11-15-20/h6-15,21-22,25-27H,16-18H2,1-5H3/t21-,22+/m0/s1. The molecule has 2 aromatic rings. The maximum atomic E-state index is 10.9. The number of aliphatic hydroxyl groups excluding tert-OH is 1. The van der Waals surface area contributed by atoms with Gasteiger partial charge in [-0.15, -0.1) is 0 Å². The molecule has 0 aliphatic rings. The van der Waals surface area contributed by atoms with E-state index in [1.54, 1.807) is 0 Å². The summed E-state index contributed by atoms with van der Waals surface area (Å²) in [5.74, 6) is 0.856. The summed E-state index contributed by atoms with van der Waals surface area (Å²) < 4.78 is 5.88. The number of hydrogen-bond acceptors (Lipinski definition) is 4. The number of nitrogens with one attached hydrogen (secondary N) is 2. The first-order valence-corrected chi connectivity index (χ1v) is 10.1. The van der Waals surface area contributed by atoms with Gasteiger partial charge in [0.05, 0.1) is 6.10 Å². The lowest BCUT2D eigenvalue weighted by Crippen LogP contribution is -2.56. The van der Waals surface area contributed by atoms with Crippen LogP contribution in [-0.2, 0) is 6.42 Å². The molecule has 28 heavy (non-hydrogen) atoms. The fourth-order valence-electron chi connectivity index (χ4n) is 3.06. The Labute approximate surface area is 170 Å². The number of benzene rings is 2. The van der Waals surface area contributed by atoms with Crippen LogP contribution in [0.2, 0.25) is 0 Å². The second-order valence-corrected chi connectivity index (χ2v) is 9.12. The fraction of sp³-hybridized carbons (Fsp3) is 0.500. The minimum absolute atomic E-state index is 0.0410. The van der Waals surface area contributed by atoms with Crippen molar-refractivity contribution in [2.24, 2.45) is 0 Å². The van der Waals surface area contributed by atoms with Crippen LogP contribution in [-0.4, -0.2) is 41.5 Å². The molecule has 2 rings (SSSR count). The fourth-order valence-corrected chi connectivity index (χ4v) is 3.06. The van der Waals surface area contributed by atoms with Crippen molar-refractivity contribution in [3.8, 4) is 5.75 Å². The lowest BCUT2D eigenvalue weighted by Gasteiger charge is -2.34. The highest BCUT2D eigenvalue weighted by molar-refractivity contribution is 5.21. The van der Waals surface area contributed by atoms with Crippen molar-refractivity contribution in [2.75, 3.05) is 13.2 Å². The van der Waals surface area contributed by atoms with E-state index in [-0.39, 0.29) is 17.1 Å². The lowest BCUT2D eigenvalue weighted by atomic mass is 9.96. The van der Waals surface area contributed by atoms with Crippen molar-refractivity contribution < 1.29 is 9.84 Å². The normalized spacial score (nSPS) is 14.5. The average Bonchev–Trinajstić information content (AvgIpc) is 2.65. The van der Waals surface area contributed by atoms with Gasteiger partial charge in [-0.05, 0) is 58.7 Å². The van der Waals surface area contributed by atoms with Crippen LogP contribution < -0.4 is 15.4 Å². The van der Waals surface area contributed by atoms with Gasteiger partial charge in [-0.25, -0.2) is 0 Å². The van der Waals surface area contributed by atoms with Gasteiger partial charge in [0.25, 0.3) is 0 Å². The van der Waals surface area contributed by atoms with E-state index in [1.165, 1.54) is 5.56 Å². The summed E-state index contributed by atoms with van der Waals surface area (Å²) >= 11 is 0. The third-order valence-corrected chi connectivity index (χ3v) is 4.51. The Bertz CT molecular complexity index is 681. The first kappa shape index (κ1) is 22.4. The van der Waals surface area contributed by atoms with Gasteiger partial charge < -0.3 is 20.5 Å². The molecule has 0 amide bonds. The summed E-state index contributed by atoms with van der Waals surface area (Å²) in [6.07, 6.45) is 0.262. The van der Waals surface area contributed by atoms with Gasteiger partial charge in [-0.2, -0.15) is 0 Å². The van der Waals surface area contributed by atoms with Crippen molar-refractivity contribution >= 4 is 0 Å². The van der Waals surface area contributed by atoms with Crippen molar-refractivity contribution in [1.29, 1.82) is 0 Å². The van der Waals surface area contributed by atoms with Gasteiger partial charge in [0, 0.05) is 23.7 Å². The molecule has 0 unspecified atom stereocenters. The third kappa shape index (κ3) is 8.42. The molecular formula is C24H36N2O2. The molecule has 3 N–H and O–H groups in total. The van der Waals surface area contributed by atoms with Gasteiger partial charge in [-0.3, -0.25) is 0 Å². The van der Waals surface area contributed by atoms with Gasteiger partial charge in [-0.1, -0.05) is 48.5 Å². The first-order valence-electron chi connectivity index (χ1n) is 10.1. The molecule has 0 saturated heterocycles. The zero-order chi connectivity index (χ0) is 20.6. The molecule has 0 heterocycles. The van der Waals surface area contributed by atoms with Crippen LogP contribution in [0, 0.1) is 0 Å². The maximum Gasteiger partial charge on any atom is 0.119 e. The van der Waals surface area contributed by atoms with Crippen molar-refractivity contribution in [1.82, 2.24) is 10.6 Å². The minimum atomic E-state index is -0.518. The molecule has 4 heteroatoms. The summed E-state index contributed by atoms with van der Waals surface area (Å²) in [5.41, 5.74) is 0.886. The van der Waals surface area contributed by atoms with Gasteiger partial charge >= 0.3 is 0 Å². The Kier molecular flexibility index (Phi) is 8.05. The zero-order valence-electron chi connectivity index (χ0n) is 17.9. The predicted octanol–water partition coefficient (Wildman–Crippen LogP) is 3.79. The van der Waals surface area contributed by atoms with Crippen LogP contribution in [0.5, 0.6) is 5.75 Å². The van der Waals surface area contributed by atoms with E-state index in [0.29, 0.717) is 13.2 Å². The largest absolute Gasteiger partial charge is 0.492 e. The van der Waals surface area contributed by atoms with Crippen LogP contribution in [0.4, 0.5) is 0 Å². The van der Waals surface area contributed by atoms with Crippen LogP contribution in [0.3, 0.4) is 0 Å². The molecular weight excluding hydrogens is 348 g/mol. The Balaban J connectivity index is 1.92. The summed E-state index contributed by atoms with van der Waals surface area (Å²) in [7, 11) is 0. The molecule has 0 fully saturated rings. The number of β-amino-alcohol motifs (C(OH)–C–C–N with tert-alkyl or cyclic N) is 1. The predicted molar refractivity (Wildman–Crippen MR) is 117 cm³/mol. The van der Waals surface area contributed by atoms with Crippen LogP contribution in [0.15, 0.2) is 60.7 Å². The Hall–Kier alpha value is -1.88. The number of para-hydroxylation sites is 1. The molecule has 154 valence electrons. The van der Waals surface area contributed by atoms with Crippen LogP contribution >= 0.6 is 0 Å². The minimum Gasteiger partial charge on any atom is -0.492 e. The Morgan fingerprint density at radius 3 is 2.04 bits per heavy atom. The van der Waals surface area contributed by atoms with Crippen molar-refractivity contribution in [2.45, 2.75) is 64.3 Å². The maximum absolute atomic E-state index is 10.9. The Morgan fingerprint density at radius 1 is 0.893 bits per heavy atom. The number of hydrogen-bond donors (Lipinski definition) is 3. The number of aliphatic hydroxyl groups is 1. The van der Waals surface area contributed by atoms with Gasteiger partial charge in [0.15, 0.2) is 0 Å². The van der Waals surface area contributed by atoms with E-state index in [1.807, 2.05) is 48.5 Å². The monoisotopic (exact) mass is 384 g/mol. The number of rotatable bonds is 10. The third-order valence-electron chi connectivity index (χ3n) is 4.51. The molecule has 2 atom stereocenters. The second kappa shape index (κ2) is 10.1. The summed E-state index contributed by atoms with van der Waals surface area (Å²) in [4.78, 5) is 0. The smallest absolute Gasteiger partial charge is 0.119 e.